The van der Waals surface area contributed by atoms with Crippen molar-refractivity contribution in [2.45, 2.75) is 50.6 Å². The highest BCUT2D eigenvalue weighted by Crippen LogP contribution is 2.39. The molecular weight excluding hydrogens is 278 g/mol. The number of carbonyl (C=O) groups is 1. The van der Waals surface area contributed by atoms with Gasteiger partial charge in [0, 0.05) is 6.04 Å². The van der Waals surface area contributed by atoms with Crippen molar-refractivity contribution >= 4 is 17.0 Å². The molecule has 2 N–H and O–H groups in total. The molecular formula is C17H21N3O2. The Balaban J connectivity index is 1.74. The number of nitrogens with zero attached hydrogens (tertiary/aromatic N) is 2. The number of benzene rings is 1. The molecule has 0 bridgehead atoms. The van der Waals surface area contributed by atoms with Crippen molar-refractivity contribution in [1.82, 2.24) is 9.88 Å². The molecule has 0 spiro atoms. The summed E-state index contributed by atoms with van der Waals surface area (Å²) >= 11 is 0. The Kier molecular flexibility index (Phi) is 3.37. The number of carbonyl (C=O) groups excluding carboxylic acids is 1. The van der Waals surface area contributed by atoms with Gasteiger partial charge in [0.25, 0.3) is 5.91 Å². The lowest BCUT2D eigenvalue weighted by Gasteiger charge is -2.43. The summed E-state index contributed by atoms with van der Waals surface area (Å²) in [6, 6.07) is 6.29. The molecule has 2 atom stereocenters. The number of primary amides is 1. The lowest BCUT2D eigenvalue weighted by Crippen LogP contribution is -2.44. The Hall–Kier alpha value is -1.88. The van der Waals surface area contributed by atoms with Gasteiger partial charge in [0.2, 0.25) is 5.89 Å². The number of amides is 1. The zero-order chi connectivity index (χ0) is 15.1. The summed E-state index contributed by atoms with van der Waals surface area (Å²) in [6.07, 6.45) is 7.43. The van der Waals surface area contributed by atoms with Gasteiger partial charge in [-0.15, -0.1) is 0 Å². The minimum Gasteiger partial charge on any atom is -0.438 e. The number of hydrogen-bond donors (Lipinski definition) is 1. The average molecular weight is 299 g/mol. The van der Waals surface area contributed by atoms with Gasteiger partial charge >= 0.3 is 0 Å². The van der Waals surface area contributed by atoms with Crippen LogP contribution in [0.4, 0.5) is 0 Å². The van der Waals surface area contributed by atoms with Crippen LogP contribution in [0.1, 0.15) is 60.8 Å². The summed E-state index contributed by atoms with van der Waals surface area (Å²) < 4.78 is 6.00. The van der Waals surface area contributed by atoms with Crippen molar-refractivity contribution in [3.05, 3.63) is 29.7 Å². The lowest BCUT2D eigenvalue weighted by atomic mass is 9.89. The van der Waals surface area contributed by atoms with Gasteiger partial charge in [-0.2, -0.15) is 0 Å². The van der Waals surface area contributed by atoms with E-state index in [0.717, 1.165) is 24.4 Å². The van der Waals surface area contributed by atoms with E-state index in [1.165, 1.54) is 32.1 Å². The lowest BCUT2D eigenvalue weighted by molar-refractivity contribution is 0.0392. The normalized spacial score (nSPS) is 26.0. The summed E-state index contributed by atoms with van der Waals surface area (Å²) in [6.45, 7) is 1.12. The Morgan fingerprint density at radius 2 is 2.09 bits per heavy atom. The van der Waals surface area contributed by atoms with Gasteiger partial charge in [0.05, 0.1) is 11.6 Å². The summed E-state index contributed by atoms with van der Waals surface area (Å²) in [4.78, 5) is 18.8. The molecule has 4 rings (SSSR count). The van der Waals surface area contributed by atoms with E-state index >= 15 is 0 Å². The number of hydrogen-bond acceptors (Lipinski definition) is 4. The van der Waals surface area contributed by atoms with Crippen molar-refractivity contribution in [2.24, 2.45) is 5.73 Å². The first-order valence-corrected chi connectivity index (χ1v) is 8.19. The molecule has 2 saturated heterocycles. The molecule has 3 heterocycles. The predicted molar refractivity (Wildman–Crippen MR) is 83.5 cm³/mol. The number of rotatable bonds is 2. The molecule has 1 aromatic carbocycles. The van der Waals surface area contributed by atoms with Crippen LogP contribution in [-0.2, 0) is 0 Å². The molecule has 5 heteroatoms. The van der Waals surface area contributed by atoms with E-state index in [9.17, 15) is 4.79 Å². The maximum atomic E-state index is 11.6. The molecule has 116 valence electrons. The third-order valence-corrected chi connectivity index (χ3v) is 5.07. The van der Waals surface area contributed by atoms with Crippen molar-refractivity contribution in [3.8, 4) is 0 Å². The SMILES string of the molecule is NC(=O)c1cccc2nc(C3CCCC4CCCCN43)oc12. The van der Waals surface area contributed by atoms with Crippen LogP contribution in [0.2, 0.25) is 0 Å². The average Bonchev–Trinajstić information content (AvgIpc) is 2.97. The highest BCUT2D eigenvalue weighted by atomic mass is 16.4. The number of aromatic nitrogens is 1. The molecule has 2 fully saturated rings. The first-order chi connectivity index (χ1) is 10.7. The van der Waals surface area contributed by atoms with Crippen molar-refractivity contribution in [3.63, 3.8) is 0 Å². The van der Waals surface area contributed by atoms with E-state index in [-0.39, 0.29) is 6.04 Å². The first-order valence-electron chi connectivity index (χ1n) is 8.19. The fourth-order valence-corrected chi connectivity index (χ4v) is 4.02. The standard InChI is InChI=1S/C17H21N3O2/c18-16(21)12-7-4-8-13-15(12)22-17(19-13)14-9-3-6-11-5-1-2-10-20(11)14/h4,7-8,11,14H,1-3,5-6,9-10H2,(H2,18,21). The molecule has 22 heavy (non-hydrogen) atoms. The van der Waals surface area contributed by atoms with Crippen LogP contribution in [0.25, 0.3) is 11.1 Å². The highest BCUT2D eigenvalue weighted by molar-refractivity contribution is 6.03. The predicted octanol–water partition coefficient (Wildman–Crippen LogP) is 3.01. The van der Waals surface area contributed by atoms with Gasteiger partial charge in [-0.3, -0.25) is 9.69 Å². The zero-order valence-corrected chi connectivity index (χ0v) is 12.6. The van der Waals surface area contributed by atoms with Crippen molar-refractivity contribution in [1.29, 1.82) is 0 Å². The largest absolute Gasteiger partial charge is 0.438 e. The van der Waals surface area contributed by atoms with E-state index < -0.39 is 5.91 Å². The van der Waals surface area contributed by atoms with E-state index in [1.54, 1.807) is 12.1 Å². The van der Waals surface area contributed by atoms with Gasteiger partial charge in [-0.1, -0.05) is 12.5 Å². The molecule has 2 unspecified atom stereocenters. The topological polar surface area (TPSA) is 72.4 Å². The smallest absolute Gasteiger partial charge is 0.252 e. The Morgan fingerprint density at radius 3 is 2.95 bits per heavy atom. The quantitative estimate of drug-likeness (QED) is 0.925. The molecule has 0 radical (unpaired) electrons. The zero-order valence-electron chi connectivity index (χ0n) is 12.6. The minimum atomic E-state index is -0.465. The second-order valence-electron chi connectivity index (χ2n) is 6.40. The van der Waals surface area contributed by atoms with Gasteiger partial charge in [-0.25, -0.2) is 4.98 Å². The second kappa shape index (κ2) is 5.39. The van der Waals surface area contributed by atoms with E-state index in [4.69, 9.17) is 10.2 Å². The monoisotopic (exact) mass is 299 g/mol. The number of para-hydroxylation sites is 1. The van der Waals surface area contributed by atoms with Crippen LogP contribution in [0.15, 0.2) is 22.6 Å². The third kappa shape index (κ3) is 2.20. The van der Waals surface area contributed by atoms with E-state index in [1.807, 2.05) is 6.07 Å². The van der Waals surface area contributed by atoms with E-state index in [0.29, 0.717) is 17.2 Å². The third-order valence-electron chi connectivity index (χ3n) is 5.07. The molecule has 1 aromatic heterocycles. The van der Waals surface area contributed by atoms with E-state index in [2.05, 4.69) is 9.88 Å². The summed E-state index contributed by atoms with van der Waals surface area (Å²) in [5.41, 5.74) is 7.11. The maximum absolute atomic E-state index is 11.6. The number of nitrogens with two attached hydrogens (primary N) is 1. The number of piperidine rings is 2. The van der Waals surface area contributed by atoms with Crippen LogP contribution in [-0.4, -0.2) is 28.4 Å². The van der Waals surface area contributed by atoms with Crippen molar-refractivity contribution < 1.29 is 9.21 Å². The van der Waals surface area contributed by atoms with Gasteiger partial charge in [-0.05, 0) is 50.8 Å². The Morgan fingerprint density at radius 1 is 1.23 bits per heavy atom. The molecule has 0 saturated carbocycles. The summed E-state index contributed by atoms with van der Waals surface area (Å²) in [5, 5.41) is 0. The maximum Gasteiger partial charge on any atom is 0.252 e. The van der Waals surface area contributed by atoms with Crippen LogP contribution in [0.3, 0.4) is 0 Å². The van der Waals surface area contributed by atoms with Crippen LogP contribution in [0, 0.1) is 0 Å². The van der Waals surface area contributed by atoms with Gasteiger partial charge < -0.3 is 10.2 Å². The number of fused-ring (bicyclic) bond motifs is 2. The molecule has 2 aliphatic rings. The van der Waals surface area contributed by atoms with Crippen LogP contribution in [0.5, 0.6) is 0 Å². The molecule has 1 amide bonds. The minimum absolute atomic E-state index is 0.243. The number of oxazole rings is 1. The molecule has 2 aromatic rings. The summed E-state index contributed by atoms with van der Waals surface area (Å²) in [5.74, 6) is 0.281. The first kappa shape index (κ1) is 13.8. The Bertz CT molecular complexity index is 707. The van der Waals surface area contributed by atoms with Crippen LogP contribution < -0.4 is 5.73 Å². The second-order valence-corrected chi connectivity index (χ2v) is 6.40. The van der Waals surface area contributed by atoms with Crippen molar-refractivity contribution in [2.75, 3.05) is 6.54 Å². The fraction of sp³-hybridized carbons (Fsp3) is 0.529. The molecule has 2 aliphatic heterocycles. The highest BCUT2D eigenvalue weighted by Gasteiger charge is 2.35. The fourth-order valence-electron chi connectivity index (χ4n) is 4.02. The van der Waals surface area contributed by atoms with Crippen LogP contribution >= 0.6 is 0 Å². The van der Waals surface area contributed by atoms with Gasteiger partial charge in [0.1, 0.15) is 5.52 Å². The summed E-state index contributed by atoms with van der Waals surface area (Å²) in [7, 11) is 0. The van der Waals surface area contributed by atoms with Gasteiger partial charge in [0.15, 0.2) is 5.58 Å². The molecule has 5 nitrogen and oxygen atoms in total. The Labute approximate surface area is 129 Å². The molecule has 0 aliphatic carbocycles.